The van der Waals surface area contributed by atoms with Gasteiger partial charge in [-0.25, -0.2) is 0 Å². The molecule has 92 valence electrons. The van der Waals surface area contributed by atoms with E-state index in [0.717, 1.165) is 26.2 Å². The maximum absolute atomic E-state index is 11.7. The lowest BCUT2D eigenvalue weighted by Crippen LogP contribution is -2.46. The molecule has 2 amide bonds. The molecule has 1 saturated heterocycles. The zero-order chi connectivity index (χ0) is 12.0. The summed E-state index contributed by atoms with van der Waals surface area (Å²) in [5.41, 5.74) is 0. The van der Waals surface area contributed by atoms with E-state index in [1.54, 1.807) is 19.0 Å². The molecular weight excluding hydrogens is 206 g/mol. The van der Waals surface area contributed by atoms with Crippen LogP contribution in [0.1, 0.15) is 19.3 Å². The van der Waals surface area contributed by atoms with Gasteiger partial charge in [-0.05, 0) is 6.42 Å². The fourth-order valence-electron chi connectivity index (χ4n) is 1.69. The van der Waals surface area contributed by atoms with Crippen LogP contribution in [-0.2, 0) is 9.59 Å². The molecule has 0 atom stereocenters. The molecule has 0 unspecified atom stereocenters. The Morgan fingerprint density at radius 1 is 1.19 bits per heavy atom. The lowest BCUT2D eigenvalue weighted by molar-refractivity contribution is -0.132. The quantitative estimate of drug-likeness (QED) is 0.716. The highest BCUT2D eigenvalue weighted by molar-refractivity contribution is 5.78. The molecule has 1 fully saturated rings. The third kappa shape index (κ3) is 4.18. The minimum atomic E-state index is 0.0908. The van der Waals surface area contributed by atoms with Gasteiger partial charge in [0.05, 0.1) is 0 Å². The summed E-state index contributed by atoms with van der Waals surface area (Å²) in [4.78, 5) is 26.5. The Hall–Kier alpha value is -1.10. The van der Waals surface area contributed by atoms with Crippen molar-refractivity contribution in [3.63, 3.8) is 0 Å². The Morgan fingerprint density at radius 3 is 2.38 bits per heavy atom. The van der Waals surface area contributed by atoms with E-state index in [0.29, 0.717) is 19.3 Å². The highest BCUT2D eigenvalue weighted by Crippen LogP contribution is 2.03. The predicted molar refractivity (Wildman–Crippen MR) is 62.0 cm³/mol. The van der Waals surface area contributed by atoms with Gasteiger partial charge in [0, 0.05) is 53.1 Å². The van der Waals surface area contributed by atoms with Crippen molar-refractivity contribution >= 4 is 11.8 Å². The summed E-state index contributed by atoms with van der Waals surface area (Å²) in [5.74, 6) is 0.265. The standard InChI is InChI=1S/C11H21N3O2/c1-13(2)10(15)4-3-5-11(16)14-8-6-12-7-9-14/h12H,3-9H2,1-2H3. The molecule has 16 heavy (non-hydrogen) atoms. The summed E-state index contributed by atoms with van der Waals surface area (Å²) in [7, 11) is 3.47. The van der Waals surface area contributed by atoms with E-state index >= 15 is 0 Å². The van der Waals surface area contributed by atoms with Crippen LogP contribution in [0.3, 0.4) is 0 Å². The molecule has 0 saturated carbocycles. The Morgan fingerprint density at radius 2 is 1.81 bits per heavy atom. The second kappa shape index (κ2) is 6.48. The molecule has 0 spiro atoms. The van der Waals surface area contributed by atoms with E-state index in [9.17, 15) is 9.59 Å². The zero-order valence-corrected chi connectivity index (χ0v) is 10.2. The van der Waals surface area contributed by atoms with Gasteiger partial charge < -0.3 is 15.1 Å². The fourth-order valence-corrected chi connectivity index (χ4v) is 1.69. The topological polar surface area (TPSA) is 52.7 Å². The number of carbonyl (C=O) groups is 2. The summed E-state index contributed by atoms with van der Waals surface area (Å²) in [6.45, 7) is 3.34. The van der Waals surface area contributed by atoms with Crippen LogP contribution in [0.15, 0.2) is 0 Å². The van der Waals surface area contributed by atoms with Crippen molar-refractivity contribution in [3.8, 4) is 0 Å². The molecular formula is C11H21N3O2. The Bertz CT molecular complexity index is 248. The van der Waals surface area contributed by atoms with Crippen molar-refractivity contribution < 1.29 is 9.59 Å². The van der Waals surface area contributed by atoms with Crippen LogP contribution in [-0.4, -0.2) is 61.9 Å². The average molecular weight is 227 g/mol. The van der Waals surface area contributed by atoms with Crippen molar-refractivity contribution in [2.45, 2.75) is 19.3 Å². The van der Waals surface area contributed by atoms with Gasteiger partial charge in [0.2, 0.25) is 11.8 Å². The fraction of sp³-hybridized carbons (Fsp3) is 0.818. The highest BCUT2D eigenvalue weighted by Gasteiger charge is 2.16. The molecule has 0 aromatic heterocycles. The van der Waals surface area contributed by atoms with E-state index in [4.69, 9.17) is 0 Å². The van der Waals surface area contributed by atoms with Crippen molar-refractivity contribution in [1.82, 2.24) is 15.1 Å². The maximum atomic E-state index is 11.7. The van der Waals surface area contributed by atoms with Gasteiger partial charge >= 0.3 is 0 Å². The van der Waals surface area contributed by atoms with E-state index in [-0.39, 0.29) is 11.8 Å². The zero-order valence-electron chi connectivity index (χ0n) is 10.2. The summed E-state index contributed by atoms with van der Waals surface area (Å²) < 4.78 is 0. The van der Waals surface area contributed by atoms with Crippen molar-refractivity contribution in [1.29, 1.82) is 0 Å². The number of hydrogen-bond acceptors (Lipinski definition) is 3. The lowest BCUT2D eigenvalue weighted by Gasteiger charge is -2.27. The third-order valence-electron chi connectivity index (χ3n) is 2.75. The van der Waals surface area contributed by atoms with Gasteiger partial charge in [-0.1, -0.05) is 0 Å². The van der Waals surface area contributed by atoms with E-state index in [1.807, 2.05) is 4.90 Å². The molecule has 0 aromatic rings. The smallest absolute Gasteiger partial charge is 0.222 e. The summed E-state index contributed by atoms with van der Waals surface area (Å²) in [6.07, 6.45) is 1.60. The van der Waals surface area contributed by atoms with Crippen molar-refractivity contribution in [2.24, 2.45) is 0 Å². The lowest BCUT2D eigenvalue weighted by atomic mass is 10.2. The Balaban J connectivity index is 2.17. The number of nitrogens with one attached hydrogen (secondary N) is 1. The van der Waals surface area contributed by atoms with E-state index < -0.39 is 0 Å². The van der Waals surface area contributed by atoms with Crippen LogP contribution in [0.4, 0.5) is 0 Å². The average Bonchev–Trinajstić information content (AvgIpc) is 2.29. The summed E-state index contributed by atoms with van der Waals surface area (Å²) in [5, 5.41) is 3.20. The van der Waals surface area contributed by atoms with Crippen LogP contribution < -0.4 is 5.32 Å². The van der Waals surface area contributed by atoms with Crippen LogP contribution in [0.25, 0.3) is 0 Å². The number of carbonyl (C=O) groups excluding carboxylic acids is 2. The molecule has 0 aliphatic carbocycles. The minimum Gasteiger partial charge on any atom is -0.349 e. The van der Waals surface area contributed by atoms with Crippen LogP contribution in [0.5, 0.6) is 0 Å². The Labute approximate surface area is 96.8 Å². The summed E-state index contributed by atoms with van der Waals surface area (Å²) >= 11 is 0. The second-order valence-electron chi connectivity index (χ2n) is 4.27. The van der Waals surface area contributed by atoms with E-state index in [1.165, 1.54) is 0 Å². The second-order valence-corrected chi connectivity index (χ2v) is 4.27. The first-order chi connectivity index (χ1) is 7.61. The van der Waals surface area contributed by atoms with Gasteiger partial charge in [-0.15, -0.1) is 0 Å². The predicted octanol–water partition coefficient (Wildman–Crippen LogP) is -0.323. The largest absolute Gasteiger partial charge is 0.349 e. The first kappa shape index (κ1) is 13.0. The van der Waals surface area contributed by atoms with Gasteiger partial charge in [0.15, 0.2) is 0 Å². The molecule has 0 aromatic carbocycles. The minimum absolute atomic E-state index is 0.0908. The van der Waals surface area contributed by atoms with Gasteiger partial charge in [0.1, 0.15) is 0 Å². The van der Waals surface area contributed by atoms with Gasteiger partial charge in [-0.2, -0.15) is 0 Å². The molecule has 1 rings (SSSR count). The SMILES string of the molecule is CN(C)C(=O)CCCC(=O)N1CCNCC1. The maximum Gasteiger partial charge on any atom is 0.222 e. The number of amides is 2. The van der Waals surface area contributed by atoms with Gasteiger partial charge in [-0.3, -0.25) is 9.59 Å². The normalized spacial score (nSPS) is 16.0. The number of nitrogens with zero attached hydrogens (tertiary/aromatic N) is 2. The van der Waals surface area contributed by atoms with Crippen molar-refractivity contribution in [3.05, 3.63) is 0 Å². The van der Waals surface area contributed by atoms with E-state index in [2.05, 4.69) is 5.32 Å². The van der Waals surface area contributed by atoms with Crippen LogP contribution in [0.2, 0.25) is 0 Å². The summed E-state index contributed by atoms with van der Waals surface area (Å²) in [6, 6.07) is 0. The molecule has 1 N–H and O–H groups in total. The molecule has 1 heterocycles. The van der Waals surface area contributed by atoms with Crippen LogP contribution in [0, 0.1) is 0 Å². The Kier molecular flexibility index (Phi) is 5.25. The first-order valence-electron chi connectivity index (χ1n) is 5.80. The molecule has 0 bridgehead atoms. The first-order valence-corrected chi connectivity index (χ1v) is 5.80. The number of piperazine rings is 1. The molecule has 5 nitrogen and oxygen atoms in total. The number of hydrogen-bond donors (Lipinski definition) is 1. The molecule has 1 aliphatic heterocycles. The highest BCUT2D eigenvalue weighted by atomic mass is 16.2. The molecule has 5 heteroatoms. The molecule has 0 radical (unpaired) electrons. The number of rotatable bonds is 4. The van der Waals surface area contributed by atoms with Crippen molar-refractivity contribution in [2.75, 3.05) is 40.3 Å². The monoisotopic (exact) mass is 227 g/mol. The van der Waals surface area contributed by atoms with Crippen LogP contribution >= 0.6 is 0 Å². The third-order valence-corrected chi connectivity index (χ3v) is 2.75. The van der Waals surface area contributed by atoms with Gasteiger partial charge in [0.25, 0.3) is 0 Å². The molecule has 1 aliphatic rings.